The lowest BCUT2D eigenvalue weighted by Crippen LogP contribution is -2.11. The van der Waals surface area contributed by atoms with Crippen LogP contribution in [0.4, 0.5) is 8.78 Å². The lowest BCUT2D eigenvalue weighted by Gasteiger charge is -2.11. The van der Waals surface area contributed by atoms with Crippen LogP contribution in [0.15, 0.2) is 47.3 Å². The summed E-state index contributed by atoms with van der Waals surface area (Å²) in [7, 11) is 0. The minimum absolute atomic E-state index is 0.0939. The SMILES string of the molecule is NC(c1ccoc1)c1cccc(OC(F)F)c1. The summed E-state index contributed by atoms with van der Waals surface area (Å²) in [6.07, 6.45) is 3.03. The number of furan rings is 1. The van der Waals surface area contributed by atoms with Gasteiger partial charge in [-0.3, -0.25) is 0 Å². The maximum Gasteiger partial charge on any atom is 0.387 e. The van der Waals surface area contributed by atoms with E-state index in [-0.39, 0.29) is 5.75 Å². The molecule has 3 nitrogen and oxygen atoms in total. The lowest BCUT2D eigenvalue weighted by molar-refractivity contribution is -0.0498. The van der Waals surface area contributed by atoms with Crippen molar-refractivity contribution in [1.82, 2.24) is 0 Å². The second kappa shape index (κ2) is 4.97. The maximum absolute atomic E-state index is 12.1. The van der Waals surface area contributed by atoms with E-state index in [0.717, 1.165) is 5.56 Å². The van der Waals surface area contributed by atoms with E-state index in [0.29, 0.717) is 5.56 Å². The summed E-state index contributed by atoms with van der Waals surface area (Å²) < 4.78 is 33.3. The van der Waals surface area contributed by atoms with Crippen LogP contribution in [0.1, 0.15) is 17.2 Å². The number of alkyl halides is 2. The van der Waals surface area contributed by atoms with Gasteiger partial charge in [-0.1, -0.05) is 12.1 Å². The molecule has 1 aromatic heterocycles. The van der Waals surface area contributed by atoms with Crippen molar-refractivity contribution in [3.05, 3.63) is 54.0 Å². The average Bonchev–Trinajstić information content (AvgIpc) is 2.81. The number of hydrogen-bond acceptors (Lipinski definition) is 3. The van der Waals surface area contributed by atoms with Crippen molar-refractivity contribution in [2.24, 2.45) is 5.73 Å². The molecule has 0 aliphatic carbocycles. The van der Waals surface area contributed by atoms with E-state index in [1.165, 1.54) is 24.7 Å². The zero-order valence-electron chi connectivity index (χ0n) is 8.85. The van der Waals surface area contributed by atoms with Crippen molar-refractivity contribution in [1.29, 1.82) is 0 Å². The molecule has 0 saturated carbocycles. The molecule has 2 aromatic rings. The number of hydrogen-bond donors (Lipinski definition) is 1. The minimum Gasteiger partial charge on any atom is -0.472 e. The van der Waals surface area contributed by atoms with E-state index in [1.807, 2.05) is 0 Å². The number of rotatable bonds is 4. The molecule has 2 rings (SSSR count). The highest BCUT2D eigenvalue weighted by molar-refractivity contribution is 5.35. The summed E-state index contributed by atoms with van der Waals surface area (Å²) in [6, 6.07) is 7.62. The van der Waals surface area contributed by atoms with E-state index >= 15 is 0 Å². The van der Waals surface area contributed by atoms with Crippen molar-refractivity contribution in [2.75, 3.05) is 0 Å². The fourth-order valence-corrected chi connectivity index (χ4v) is 1.53. The van der Waals surface area contributed by atoms with Gasteiger partial charge in [0.05, 0.1) is 18.6 Å². The molecular weight excluding hydrogens is 228 g/mol. The molecule has 0 spiro atoms. The van der Waals surface area contributed by atoms with Crippen molar-refractivity contribution >= 4 is 0 Å². The number of halogens is 2. The van der Waals surface area contributed by atoms with Crippen molar-refractivity contribution in [3.8, 4) is 5.75 Å². The molecule has 1 heterocycles. The summed E-state index contributed by atoms with van der Waals surface area (Å²) in [5.41, 5.74) is 7.42. The zero-order valence-corrected chi connectivity index (χ0v) is 8.85. The van der Waals surface area contributed by atoms with Gasteiger partial charge in [-0.25, -0.2) is 0 Å². The second-order valence-electron chi connectivity index (χ2n) is 3.49. The van der Waals surface area contributed by atoms with E-state index in [9.17, 15) is 8.78 Å². The third-order valence-corrected chi connectivity index (χ3v) is 2.34. The van der Waals surface area contributed by atoms with Crippen LogP contribution in [-0.4, -0.2) is 6.61 Å². The van der Waals surface area contributed by atoms with Crippen LogP contribution in [0.5, 0.6) is 5.75 Å². The van der Waals surface area contributed by atoms with Gasteiger partial charge in [-0.15, -0.1) is 0 Å². The normalized spacial score (nSPS) is 12.7. The number of nitrogens with two attached hydrogens (primary N) is 1. The molecule has 2 N–H and O–H groups in total. The molecule has 0 radical (unpaired) electrons. The highest BCUT2D eigenvalue weighted by Gasteiger charge is 2.12. The smallest absolute Gasteiger partial charge is 0.387 e. The molecule has 1 aromatic carbocycles. The first kappa shape index (κ1) is 11.6. The fraction of sp³-hybridized carbons (Fsp3) is 0.167. The van der Waals surface area contributed by atoms with Crippen LogP contribution in [0.2, 0.25) is 0 Å². The first-order valence-corrected chi connectivity index (χ1v) is 4.99. The molecule has 1 unspecified atom stereocenters. The first-order chi connectivity index (χ1) is 8.16. The molecule has 0 bridgehead atoms. The van der Waals surface area contributed by atoms with Crippen molar-refractivity contribution in [2.45, 2.75) is 12.7 Å². The second-order valence-corrected chi connectivity index (χ2v) is 3.49. The molecule has 0 aliphatic rings. The van der Waals surface area contributed by atoms with Crippen LogP contribution in [0.3, 0.4) is 0 Å². The number of benzene rings is 1. The molecule has 0 amide bonds. The largest absolute Gasteiger partial charge is 0.472 e. The third-order valence-electron chi connectivity index (χ3n) is 2.34. The summed E-state index contributed by atoms with van der Waals surface area (Å²) in [5.74, 6) is 0.0939. The van der Waals surface area contributed by atoms with Gasteiger partial charge >= 0.3 is 6.61 Å². The van der Waals surface area contributed by atoms with Crippen molar-refractivity contribution < 1.29 is 17.9 Å². The molecule has 0 saturated heterocycles. The van der Waals surface area contributed by atoms with Gasteiger partial charge in [0.15, 0.2) is 0 Å². The molecule has 0 aliphatic heterocycles. The molecule has 17 heavy (non-hydrogen) atoms. The van der Waals surface area contributed by atoms with Gasteiger partial charge < -0.3 is 14.9 Å². The van der Waals surface area contributed by atoms with E-state index in [2.05, 4.69) is 4.74 Å². The Morgan fingerprint density at radius 1 is 1.18 bits per heavy atom. The third kappa shape index (κ3) is 2.82. The van der Waals surface area contributed by atoms with E-state index in [1.54, 1.807) is 18.2 Å². The summed E-state index contributed by atoms with van der Waals surface area (Å²) in [4.78, 5) is 0. The Labute approximate surface area is 96.8 Å². The summed E-state index contributed by atoms with van der Waals surface area (Å²) >= 11 is 0. The highest BCUT2D eigenvalue weighted by Crippen LogP contribution is 2.24. The quantitative estimate of drug-likeness (QED) is 0.892. The van der Waals surface area contributed by atoms with Gasteiger partial charge in [0.1, 0.15) is 5.75 Å². The Kier molecular flexibility index (Phi) is 3.39. The van der Waals surface area contributed by atoms with Crippen LogP contribution in [0.25, 0.3) is 0 Å². The Hall–Kier alpha value is -1.88. The Balaban J connectivity index is 2.21. The van der Waals surface area contributed by atoms with Crippen LogP contribution >= 0.6 is 0 Å². The van der Waals surface area contributed by atoms with Crippen LogP contribution in [0, 0.1) is 0 Å². The van der Waals surface area contributed by atoms with Gasteiger partial charge in [-0.05, 0) is 23.8 Å². The molecule has 5 heteroatoms. The average molecular weight is 239 g/mol. The first-order valence-electron chi connectivity index (χ1n) is 4.99. The molecule has 0 fully saturated rings. The topological polar surface area (TPSA) is 48.4 Å². The zero-order chi connectivity index (χ0) is 12.3. The maximum atomic E-state index is 12.1. The van der Waals surface area contributed by atoms with Crippen molar-refractivity contribution in [3.63, 3.8) is 0 Å². The van der Waals surface area contributed by atoms with Gasteiger partial charge in [0, 0.05) is 5.56 Å². The Morgan fingerprint density at radius 3 is 2.65 bits per heavy atom. The summed E-state index contributed by atoms with van der Waals surface area (Å²) in [5, 5.41) is 0. The predicted octanol–water partition coefficient (Wildman–Crippen LogP) is 2.93. The fourth-order valence-electron chi connectivity index (χ4n) is 1.53. The Morgan fingerprint density at radius 2 is 2.00 bits per heavy atom. The standard InChI is InChI=1S/C12H11F2NO2/c13-12(14)17-10-3-1-2-8(6-10)11(15)9-4-5-16-7-9/h1-7,11-12H,15H2. The predicted molar refractivity (Wildman–Crippen MR) is 57.8 cm³/mol. The number of ether oxygens (including phenoxy) is 1. The highest BCUT2D eigenvalue weighted by atomic mass is 19.3. The monoisotopic (exact) mass is 239 g/mol. The summed E-state index contributed by atoms with van der Waals surface area (Å²) in [6.45, 7) is -2.84. The van der Waals surface area contributed by atoms with Gasteiger partial charge in [0.2, 0.25) is 0 Å². The minimum atomic E-state index is -2.84. The lowest BCUT2D eigenvalue weighted by atomic mass is 10.0. The van der Waals surface area contributed by atoms with E-state index < -0.39 is 12.7 Å². The van der Waals surface area contributed by atoms with Crippen LogP contribution in [-0.2, 0) is 0 Å². The molecule has 90 valence electrons. The van der Waals surface area contributed by atoms with E-state index in [4.69, 9.17) is 10.2 Å². The molecular formula is C12H11F2NO2. The molecule has 1 atom stereocenters. The Bertz CT molecular complexity index is 471. The van der Waals surface area contributed by atoms with Crippen LogP contribution < -0.4 is 10.5 Å². The van der Waals surface area contributed by atoms with Gasteiger partial charge in [0.25, 0.3) is 0 Å². The van der Waals surface area contributed by atoms with Gasteiger partial charge in [-0.2, -0.15) is 8.78 Å².